The van der Waals surface area contributed by atoms with Crippen LogP contribution in [0.3, 0.4) is 0 Å². The SMILES string of the molecule is COc1cccc(Cl)c1C(CN)N(C)C1CCCCC1. The molecule has 1 unspecified atom stereocenters. The number of benzene rings is 1. The third-order valence-electron chi connectivity index (χ3n) is 4.43. The van der Waals surface area contributed by atoms with Crippen molar-refractivity contribution in [3.8, 4) is 5.75 Å². The molecule has 20 heavy (non-hydrogen) atoms. The molecule has 1 aromatic carbocycles. The highest BCUT2D eigenvalue weighted by Crippen LogP contribution is 2.37. The van der Waals surface area contributed by atoms with Gasteiger partial charge in [-0.2, -0.15) is 0 Å². The Balaban J connectivity index is 2.27. The first-order chi connectivity index (χ1) is 9.69. The van der Waals surface area contributed by atoms with Crippen LogP contribution in [0.4, 0.5) is 0 Å². The highest BCUT2D eigenvalue weighted by molar-refractivity contribution is 6.31. The first kappa shape index (κ1) is 15.6. The minimum atomic E-state index is 0.113. The van der Waals surface area contributed by atoms with Crippen molar-refractivity contribution in [1.82, 2.24) is 4.90 Å². The lowest BCUT2D eigenvalue weighted by Gasteiger charge is -2.37. The van der Waals surface area contributed by atoms with E-state index in [1.54, 1.807) is 7.11 Å². The van der Waals surface area contributed by atoms with E-state index in [-0.39, 0.29) is 6.04 Å². The van der Waals surface area contributed by atoms with Crippen LogP contribution >= 0.6 is 11.6 Å². The maximum absolute atomic E-state index is 6.40. The van der Waals surface area contributed by atoms with Crippen molar-refractivity contribution < 1.29 is 4.74 Å². The van der Waals surface area contributed by atoms with Crippen molar-refractivity contribution in [2.75, 3.05) is 20.7 Å². The Morgan fingerprint density at radius 3 is 2.65 bits per heavy atom. The Labute approximate surface area is 127 Å². The number of methoxy groups -OCH3 is 1. The van der Waals surface area contributed by atoms with Gasteiger partial charge in [-0.05, 0) is 32.0 Å². The number of nitrogens with two attached hydrogens (primary N) is 1. The van der Waals surface area contributed by atoms with Crippen LogP contribution in [0.1, 0.15) is 43.7 Å². The van der Waals surface area contributed by atoms with Gasteiger partial charge in [-0.3, -0.25) is 4.90 Å². The van der Waals surface area contributed by atoms with Gasteiger partial charge < -0.3 is 10.5 Å². The van der Waals surface area contributed by atoms with Crippen LogP contribution in [0.2, 0.25) is 5.02 Å². The van der Waals surface area contributed by atoms with Crippen LogP contribution in [0.5, 0.6) is 5.75 Å². The second-order valence-electron chi connectivity index (χ2n) is 5.56. The zero-order valence-electron chi connectivity index (χ0n) is 12.4. The lowest BCUT2D eigenvalue weighted by Crippen LogP contribution is -2.40. The highest BCUT2D eigenvalue weighted by atomic mass is 35.5. The molecule has 0 aliphatic heterocycles. The molecule has 1 aliphatic rings. The van der Waals surface area contributed by atoms with Crippen molar-refractivity contribution in [3.63, 3.8) is 0 Å². The third-order valence-corrected chi connectivity index (χ3v) is 4.76. The fraction of sp³-hybridized carbons (Fsp3) is 0.625. The molecule has 2 rings (SSSR count). The van der Waals surface area contributed by atoms with Gasteiger partial charge in [0.1, 0.15) is 5.75 Å². The summed E-state index contributed by atoms with van der Waals surface area (Å²) < 4.78 is 5.48. The molecular formula is C16H25ClN2O. The molecular weight excluding hydrogens is 272 g/mol. The molecule has 0 bridgehead atoms. The third kappa shape index (κ3) is 3.27. The van der Waals surface area contributed by atoms with E-state index in [0.29, 0.717) is 12.6 Å². The van der Waals surface area contributed by atoms with Crippen LogP contribution in [-0.2, 0) is 0 Å². The van der Waals surface area contributed by atoms with E-state index in [9.17, 15) is 0 Å². The fourth-order valence-corrected chi connectivity index (χ4v) is 3.54. The zero-order chi connectivity index (χ0) is 14.5. The van der Waals surface area contributed by atoms with Crippen LogP contribution in [0, 0.1) is 0 Å². The van der Waals surface area contributed by atoms with Gasteiger partial charge in [-0.25, -0.2) is 0 Å². The van der Waals surface area contributed by atoms with Gasteiger partial charge in [0.25, 0.3) is 0 Å². The molecule has 4 heteroatoms. The van der Waals surface area contributed by atoms with Crippen molar-refractivity contribution in [2.24, 2.45) is 5.73 Å². The van der Waals surface area contributed by atoms with E-state index >= 15 is 0 Å². The van der Waals surface area contributed by atoms with Gasteiger partial charge in [-0.1, -0.05) is 36.9 Å². The van der Waals surface area contributed by atoms with E-state index in [0.717, 1.165) is 16.3 Å². The minimum absolute atomic E-state index is 0.113. The summed E-state index contributed by atoms with van der Waals surface area (Å²) >= 11 is 6.40. The number of hydrogen-bond donors (Lipinski definition) is 1. The second-order valence-corrected chi connectivity index (χ2v) is 5.97. The summed E-state index contributed by atoms with van der Waals surface area (Å²) in [5.41, 5.74) is 7.07. The van der Waals surface area contributed by atoms with Gasteiger partial charge >= 0.3 is 0 Å². The predicted octanol–water partition coefficient (Wildman–Crippen LogP) is 3.61. The highest BCUT2D eigenvalue weighted by Gasteiger charge is 2.28. The first-order valence-electron chi connectivity index (χ1n) is 7.43. The Hall–Kier alpha value is -0.770. The van der Waals surface area contributed by atoms with Crippen LogP contribution in [-0.4, -0.2) is 31.6 Å². The Kier molecular flexibility index (Phi) is 5.70. The van der Waals surface area contributed by atoms with Crippen molar-refractivity contribution in [3.05, 3.63) is 28.8 Å². The van der Waals surface area contributed by atoms with Crippen LogP contribution in [0.15, 0.2) is 18.2 Å². The van der Waals surface area contributed by atoms with Gasteiger partial charge in [0, 0.05) is 23.2 Å². The van der Waals surface area contributed by atoms with E-state index < -0.39 is 0 Å². The minimum Gasteiger partial charge on any atom is -0.496 e. The number of halogens is 1. The number of rotatable bonds is 5. The molecule has 0 spiro atoms. The fourth-order valence-electron chi connectivity index (χ4n) is 3.25. The van der Waals surface area contributed by atoms with Crippen molar-refractivity contribution >= 4 is 11.6 Å². The van der Waals surface area contributed by atoms with E-state index in [4.69, 9.17) is 22.1 Å². The summed E-state index contributed by atoms with van der Waals surface area (Å²) in [5, 5.41) is 0.738. The molecule has 0 aromatic heterocycles. The molecule has 0 radical (unpaired) electrons. The Morgan fingerprint density at radius 2 is 2.05 bits per heavy atom. The summed E-state index contributed by atoms with van der Waals surface area (Å²) in [6.07, 6.45) is 6.48. The molecule has 3 nitrogen and oxygen atoms in total. The van der Waals surface area contributed by atoms with Gasteiger partial charge in [-0.15, -0.1) is 0 Å². The lowest BCUT2D eigenvalue weighted by atomic mass is 9.92. The number of nitrogens with zero attached hydrogens (tertiary/aromatic N) is 1. The molecule has 2 N–H and O–H groups in total. The van der Waals surface area contributed by atoms with E-state index in [1.807, 2.05) is 18.2 Å². The Bertz CT molecular complexity index is 432. The number of likely N-dealkylation sites (N-methyl/N-ethyl adjacent to an activating group) is 1. The van der Waals surface area contributed by atoms with Crippen molar-refractivity contribution in [1.29, 1.82) is 0 Å². The van der Waals surface area contributed by atoms with Crippen molar-refractivity contribution in [2.45, 2.75) is 44.2 Å². The molecule has 0 heterocycles. The number of hydrogen-bond acceptors (Lipinski definition) is 3. The zero-order valence-corrected chi connectivity index (χ0v) is 13.2. The van der Waals surface area contributed by atoms with E-state index in [2.05, 4.69) is 11.9 Å². The molecule has 1 atom stereocenters. The summed E-state index contributed by atoms with van der Waals surface area (Å²) in [7, 11) is 3.85. The van der Waals surface area contributed by atoms with E-state index in [1.165, 1.54) is 32.1 Å². The number of ether oxygens (including phenoxy) is 1. The average Bonchev–Trinajstić information content (AvgIpc) is 2.50. The monoisotopic (exact) mass is 296 g/mol. The molecule has 0 saturated heterocycles. The lowest BCUT2D eigenvalue weighted by molar-refractivity contribution is 0.139. The summed E-state index contributed by atoms with van der Waals surface area (Å²) in [6, 6.07) is 6.49. The normalized spacial score (nSPS) is 18.2. The van der Waals surface area contributed by atoms with Gasteiger partial charge in [0.05, 0.1) is 13.2 Å². The standard InChI is InChI=1S/C16H25ClN2O/c1-19(12-7-4-3-5-8-12)14(11-18)16-13(17)9-6-10-15(16)20-2/h6,9-10,12,14H,3-5,7-8,11,18H2,1-2H3. The molecule has 112 valence electrons. The average molecular weight is 297 g/mol. The maximum atomic E-state index is 6.40. The smallest absolute Gasteiger partial charge is 0.125 e. The van der Waals surface area contributed by atoms with Crippen LogP contribution < -0.4 is 10.5 Å². The second kappa shape index (κ2) is 7.30. The summed E-state index contributed by atoms with van der Waals surface area (Å²) in [5.74, 6) is 0.829. The van der Waals surface area contributed by atoms with Gasteiger partial charge in [0.2, 0.25) is 0 Å². The molecule has 1 fully saturated rings. The quantitative estimate of drug-likeness (QED) is 0.902. The molecule has 1 aromatic rings. The summed E-state index contributed by atoms with van der Waals surface area (Å²) in [4.78, 5) is 2.39. The summed E-state index contributed by atoms with van der Waals surface area (Å²) in [6.45, 7) is 0.549. The molecule has 1 aliphatic carbocycles. The van der Waals surface area contributed by atoms with Gasteiger partial charge in [0.15, 0.2) is 0 Å². The predicted molar refractivity (Wildman–Crippen MR) is 84.4 cm³/mol. The largest absolute Gasteiger partial charge is 0.496 e. The first-order valence-corrected chi connectivity index (χ1v) is 7.81. The molecule has 1 saturated carbocycles. The Morgan fingerprint density at radius 1 is 1.35 bits per heavy atom. The topological polar surface area (TPSA) is 38.5 Å². The van der Waals surface area contributed by atoms with Crippen LogP contribution in [0.25, 0.3) is 0 Å². The maximum Gasteiger partial charge on any atom is 0.125 e. The molecule has 0 amide bonds.